The van der Waals surface area contributed by atoms with Gasteiger partial charge in [-0.25, -0.2) is 13.4 Å². The van der Waals surface area contributed by atoms with Crippen molar-refractivity contribution in [3.8, 4) is 23.3 Å². The van der Waals surface area contributed by atoms with Gasteiger partial charge in [-0.1, -0.05) is 80.5 Å². The Hall–Kier alpha value is -3.42. The number of ether oxygens (including phenoxy) is 2. The average Bonchev–Trinajstić information content (AvgIpc) is 3.40. The number of aromatic hydroxyl groups is 1. The number of aliphatic hydroxyl groups excluding tert-OH is 2. The zero-order valence-corrected chi connectivity index (χ0v) is 41.1. The molecule has 11 unspecified atom stereocenters. The predicted molar refractivity (Wildman–Crippen MR) is 247 cm³/mol. The van der Waals surface area contributed by atoms with E-state index in [1.807, 2.05) is 54.6 Å². The van der Waals surface area contributed by atoms with Crippen molar-refractivity contribution in [1.29, 1.82) is 0 Å². The number of benzene rings is 3. The van der Waals surface area contributed by atoms with Crippen molar-refractivity contribution in [2.75, 3.05) is 13.2 Å². The van der Waals surface area contributed by atoms with Crippen molar-refractivity contribution in [2.24, 2.45) is 46.0 Å². The van der Waals surface area contributed by atoms with Gasteiger partial charge in [0.05, 0.1) is 27.1 Å². The third-order valence-electron chi connectivity index (χ3n) is 16.0. The van der Waals surface area contributed by atoms with Gasteiger partial charge in [0.2, 0.25) is 5.72 Å². The van der Waals surface area contributed by atoms with E-state index in [-0.39, 0.29) is 97.1 Å². The summed E-state index contributed by atoms with van der Waals surface area (Å²) < 4.78 is 56.5. The summed E-state index contributed by atoms with van der Waals surface area (Å²) in [6.07, 6.45) is 9.22. The van der Waals surface area contributed by atoms with Crippen LogP contribution in [0.2, 0.25) is 0 Å². The molecule has 3 aromatic rings. The number of allylic oxidation sites excluding steroid dienone is 1. The van der Waals surface area contributed by atoms with Crippen LogP contribution >= 0.6 is 0 Å². The van der Waals surface area contributed by atoms with Crippen molar-refractivity contribution in [3.63, 3.8) is 0 Å². The van der Waals surface area contributed by atoms with E-state index in [1.165, 1.54) is 0 Å². The van der Waals surface area contributed by atoms with Crippen LogP contribution in [0.3, 0.4) is 0 Å². The molecule has 2 fully saturated rings. The third-order valence-corrected chi connectivity index (χ3v) is 17.3. The third kappa shape index (κ3) is 9.87. The van der Waals surface area contributed by atoms with Crippen molar-refractivity contribution in [3.05, 3.63) is 106 Å². The molecule has 1 saturated carbocycles. The molecule has 0 aromatic heterocycles. The van der Waals surface area contributed by atoms with Gasteiger partial charge in [0, 0.05) is 42.7 Å². The maximum atomic E-state index is 14.1. The number of aliphatic hydroxyl groups is 3. The number of nitrogens with zero attached hydrogens (tertiary/aromatic N) is 1. The first-order chi connectivity index (χ1) is 31.2. The Morgan fingerprint density at radius 1 is 1.00 bits per heavy atom. The maximum absolute atomic E-state index is 14.1. The van der Waals surface area contributed by atoms with E-state index >= 15 is 0 Å². The van der Waals surface area contributed by atoms with Crippen LogP contribution in [-0.2, 0) is 27.0 Å². The summed E-state index contributed by atoms with van der Waals surface area (Å²) in [4.78, 5) is 4.91. The summed E-state index contributed by atoms with van der Waals surface area (Å²) in [7, 11) is -4.91. The molecule has 3 aromatic carbocycles. The molecular weight excluding hydrogens is 866 g/mol. The van der Waals surface area contributed by atoms with Crippen LogP contribution < -0.4 is 45.8 Å². The average molecular weight is 930 g/mol. The first-order valence-electron chi connectivity index (χ1n) is 23.8. The normalized spacial score (nSPS) is 31.5. The van der Waals surface area contributed by atoms with Crippen LogP contribution in [0, 0.1) is 41.4 Å². The van der Waals surface area contributed by atoms with E-state index in [1.54, 1.807) is 12.1 Å². The van der Waals surface area contributed by atoms with Gasteiger partial charge in [-0.2, -0.15) is 0 Å². The molecule has 66 heavy (non-hydrogen) atoms. The van der Waals surface area contributed by atoms with Crippen LogP contribution in [0.1, 0.15) is 142 Å². The van der Waals surface area contributed by atoms with Crippen LogP contribution in [0.4, 0.5) is 0 Å². The smallest absolute Gasteiger partial charge is 0.748 e. The molecule has 0 radical (unpaired) electrons. The molecule has 11 rings (SSSR count). The maximum Gasteiger partial charge on any atom is 1.00 e. The number of aliphatic imine (C=N–C) groups is 1. The quantitative estimate of drug-likeness (QED) is 0.0475. The minimum absolute atomic E-state index is 0. The van der Waals surface area contributed by atoms with E-state index in [4.69, 9.17) is 25.9 Å². The van der Waals surface area contributed by atoms with Gasteiger partial charge in [0.25, 0.3) is 0 Å². The SMILES string of the molecule is CC1CCc2cc3ccc2C1CC(S(=O)(=O)[O-])C1C=C2CC(CC4CC(CO)CC#Cc5cc(O)ccc5C2O4)C1c1ccc(cc1)C(CC(CCO)C1(O)CCCCC1)(N=C(N)N)O3.[Na+]. The largest absolute Gasteiger partial charge is 1.00 e. The van der Waals surface area contributed by atoms with Crippen LogP contribution in [0.5, 0.6) is 11.5 Å². The minimum atomic E-state index is -4.91. The molecule has 8 aliphatic rings. The Labute approximate surface area is 411 Å². The number of rotatable bonds is 8. The molecule has 3 aliphatic carbocycles. The number of phenols is 1. The monoisotopic (exact) mass is 929 g/mol. The van der Waals surface area contributed by atoms with Gasteiger partial charge in [-0.05, 0) is 146 Å². The van der Waals surface area contributed by atoms with E-state index in [0.717, 1.165) is 59.9 Å². The van der Waals surface area contributed by atoms with Crippen molar-refractivity contribution >= 4 is 16.1 Å². The number of hydrogen-bond acceptors (Lipinski definition) is 10. The Morgan fingerprint density at radius 2 is 1.76 bits per heavy atom. The van der Waals surface area contributed by atoms with E-state index in [9.17, 15) is 33.4 Å². The zero-order chi connectivity index (χ0) is 45.7. The second kappa shape index (κ2) is 19.9. The fraction of sp³-hybridized carbons (Fsp3) is 0.558. The summed E-state index contributed by atoms with van der Waals surface area (Å²) in [6, 6.07) is 18.8. The molecule has 8 N–H and O–H groups in total. The summed E-state index contributed by atoms with van der Waals surface area (Å²) in [5, 5.41) is 42.5. The van der Waals surface area contributed by atoms with Gasteiger partial charge in [-0.15, -0.1) is 0 Å². The summed E-state index contributed by atoms with van der Waals surface area (Å²) in [6.45, 7) is 1.91. The second-order valence-corrected chi connectivity index (χ2v) is 21.7. The number of hydrogen-bond donors (Lipinski definition) is 6. The van der Waals surface area contributed by atoms with Crippen LogP contribution in [-0.4, -0.2) is 69.5 Å². The molecule has 5 aliphatic heterocycles. The Kier molecular flexibility index (Phi) is 14.8. The van der Waals surface area contributed by atoms with Gasteiger partial charge in [0.15, 0.2) is 5.96 Å². The number of aryl methyl sites for hydroxylation is 1. The fourth-order valence-electron chi connectivity index (χ4n) is 12.8. The van der Waals surface area contributed by atoms with E-state index in [0.29, 0.717) is 61.8 Å². The molecule has 1 saturated heterocycles. The topological polar surface area (TPSA) is 221 Å². The van der Waals surface area contributed by atoms with Crippen LogP contribution in [0.25, 0.3) is 0 Å². The molecule has 12 nitrogen and oxygen atoms in total. The van der Waals surface area contributed by atoms with Crippen LogP contribution in [0.15, 0.2) is 77.3 Å². The minimum Gasteiger partial charge on any atom is -0.748 e. The molecular formula is C52H64N3NaO9S. The number of guanidine groups is 1. The van der Waals surface area contributed by atoms with Crippen molar-refractivity contribution < 1.29 is 72.4 Å². The van der Waals surface area contributed by atoms with Gasteiger partial charge in [-0.3, -0.25) is 0 Å². The molecule has 14 heteroatoms. The summed E-state index contributed by atoms with van der Waals surface area (Å²) in [5.41, 5.74) is 15.8. The van der Waals surface area contributed by atoms with Crippen molar-refractivity contribution in [1.82, 2.24) is 0 Å². The van der Waals surface area contributed by atoms with Gasteiger partial charge < -0.3 is 45.9 Å². The first-order valence-corrected chi connectivity index (χ1v) is 25.2. The second-order valence-electron chi connectivity index (χ2n) is 20.1. The first kappa shape index (κ1) is 49.0. The molecule has 0 spiro atoms. The summed E-state index contributed by atoms with van der Waals surface area (Å²) >= 11 is 0. The molecule has 5 heterocycles. The van der Waals surface area contributed by atoms with Crippen molar-refractivity contribution in [2.45, 2.75) is 137 Å². The number of phenolic OH excluding ortho intramolecular Hbond substituents is 1. The fourth-order valence-corrected chi connectivity index (χ4v) is 13.9. The Bertz CT molecular complexity index is 2480. The number of fused-ring (bicyclic) bond motifs is 9. The summed E-state index contributed by atoms with van der Waals surface area (Å²) in [5.74, 6) is 4.78. The molecule has 10 bridgehead atoms. The number of nitrogens with two attached hydrogens (primary N) is 2. The molecule has 0 amide bonds. The predicted octanol–water partition coefficient (Wildman–Crippen LogP) is 3.90. The Balaban J connectivity index is 0.00000592. The zero-order valence-electron chi connectivity index (χ0n) is 38.3. The van der Waals surface area contributed by atoms with Gasteiger partial charge in [0.1, 0.15) is 17.6 Å². The standard InChI is InChI=1S/C52H65N3O9S.Na/c1-31-8-9-35-25-41-15-17-43(35)45(31)28-47(65(60,61)62)46-27-37-23-36(26-42-22-32(30-57)6-5-7-34-24-40(58)14-16-44(34)49(37)63-42)48(46)33-10-12-38(13-11-33)52(64-41,55-50(53)54)29-39(18-21-56)51(59)19-3-2-4-20-51;/h10-17,24-25,27,31-32,36,39,42,45-49,56-59H,2-4,6,8-9,18-23,26,28-30H2,1H3,(H4,53,54,55)(H,60,61,62);/q;+1/p-1. The molecule has 348 valence electrons. The molecule has 11 atom stereocenters. The Morgan fingerprint density at radius 3 is 2.47 bits per heavy atom. The van der Waals surface area contributed by atoms with Gasteiger partial charge >= 0.3 is 29.6 Å². The van der Waals surface area contributed by atoms with E-state index < -0.39 is 50.6 Å². The van der Waals surface area contributed by atoms with E-state index in [2.05, 4.69) is 18.8 Å².